The molecule has 1 aromatic carbocycles. The van der Waals surface area contributed by atoms with Crippen LogP contribution in [0.5, 0.6) is 0 Å². The highest BCUT2D eigenvalue weighted by molar-refractivity contribution is 7.99. The quantitative estimate of drug-likeness (QED) is 0.801. The van der Waals surface area contributed by atoms with E-state index in [2.05, 4.69) is 46.3 Å². The average molecular weight is 382 g/mol. The van der Waals surface area contributed by atoms with Crippen molar-refractivity contribution in [2.45, 2.75) is 30.1 Å². The van der Waals surface area contributed by atoms with E-state index in [0.717, 1.165) is 44.6 Å². The summed E-state index contributed by atoms with van der Waals surface area (Å²) in [6.45, 7) is 2.98. The molecule has 5 heteroatoms. The number of benzene rings is 1. The lowest BCUT2D eigenvalue weighted by Gasteiger charge is -2.36. The van der Waals surface area contributed by atoms with Crippen LogP contribution in [0, 0.1) is 5.92 Å². The van der Waals surface area contributed by atoms with Gasteiger partial charge in [0.25, 0.3) is 0 Å². The van der Waals surface area contributed by atoms with Crippen LogP contribution in [0.2, 0.25) is 0 Å². The molecule has 1 fully saturated rings. The molecule has 4 rings (SSSR count). The van der Waals surface area contributed by atoms with E-state index >= 15 is 0 Å². The van der Waals surface area contributed by atoms with Gasteiger partial charge in [0.05, 0.1) is 5.92 Å². The molecule has 3 heterocycles. The van der Waals surface area contributed by atoms with Crippen LogP contribution in [0.3, 0.4) is 0 Å². The molecule has 0 N–H and O–H groups in total. The number of hydrogen-bond acceptors (Lipinski definition) is 4. The van der Waals surface area contributed by atoms with Crippen LogP contribution in [-0.2, 0) is 4.79 Å². The van der Waals surface area contributed by atoms with Gasteiger partial charge < -0.3 is 9.80 Å². The van der Waals surface area contributed by atoms with E-state index in [1.807, 2.05) is 36.1 Å². The number of fused-ring (bicyclic) bond motifs is 1. The van der Waals surface area contributed by atoms with Gasteiger partial charge in [0, 0.05) is 49.7 Å². The topological polar surface area (TPSA) is 36.4 Å². The van der Waals surface area contributed by atoms with Crippen LogP contribution in [-0.4, -0.2) is 48.2 Å². The Balaban J connectivity index is 1.34. The molecule has 2 aromatic rings. The van der Waals surface area contributed by atoms with Crippen molar-refractivity contribution in [2.75, 3.05) is 37.3 Å². The summed E-state index contributed by atoms with van der Waals surface area (Å²) in [5, 5.41) is 0. The zero-order valence-electron chi connectivity index (χ0n) is 15.9. The summed E-state index contributed by atoms with van der Waals surface area (Å²) in [5.74, 6) is 1.94. The van der Waals surface area contributed by atoms with Gasteiger partial charge in [-0.15, -0.1) is 11.8 Å². The molecular formula is C22H27N3OS. The van der Waals surface area contributed by atoms with Gasteiger partial charge in [0.1, 0.15) is 0 Å². The van der Waals surface area contributed by atoms with Crippen LogP contribution >= 0.6 is 11.8 Å². The summed E-state index contributed by atoms with van der Waals surface area (Å²) < 4.78 is 0. The van der Waals surface area contributed by atoms with Crippen molar-refractivity contribution in [1.82, 2.24) is 9.88 Å². The van der Waals surface area contributed by atoms with Gasteiger partial charge in [0.15, 0.2) is 0 Å². The number of carbonyl (C=O) groups excluding carboxylic acids is 1. The molecule has 0 bridgehead atoms. The van der Waals surface area contributed by atoms with Gasteiger partial charge in [-0.1, -0.05) is 18.2 Å². The maximum atomic E-state index is 13.1. The molecule has 0 saturated carbocycles. The van der Waals surface area contributed by atoms with E-state index in [-0.39, 0.29) is 5.92 Å². The number of rotatable bonds is 4. The molecule has 1 saturated heterocycles. The summed E-state index contributed by atoms with van der Waals surface area (Å²) in [7, 11) is 1.99. The third kappa shape index (κ3) is 4.13. The molecular weight excluding hydrogens is 354 g/mol. The van der Waals surface area contributed by atoms with Crippen molar-refractivity contribution in [3.05, 3.63) is 54.4 Å². The lowest BCUT2D eigenvalue weighted by molar-refractivity contribution is -0.132. The molecule has 0 radical (unpaired) electrons. The van der Waals surface area contributed by atoms with Gasteiger partial charge in [-0.3, -0.25) is 9.78 Å². The third-order valence-corrected chi connectivity index (χ3v) is 6.93. The number of amides is 1. The van der Waals surface area contributed by atoms with Crippen LogP contribution < -0.4 is 4.90 Å². The standard InChI is InChI=1S/C22H27N3OS/c1-24(22(26)20-10-15-27-21-5-3-2-4-19(20)21)16-17-8-13-25(14-9-17)18-6-11-23-12-7-18/h2-7,11-12,17,20H,8-10,13-16H2,1H3. The second kappa shape index (κ2) is 8.34. The Labute approximate surface area is 166 Å². The Morgan fingerprint density at radius 1 is 1.15 bits per heavy atom. The lowest BCUT2D eigenvalue weighted by Crippen LogP contribution is -2.41. The predicted octanol–water partition coefficient (Wildman–Crippen LogP) is 4.04. The van der Waals surface area contributed by atoms with E-state index < -0.39 is 0 Å². The van der Waals surface area contributed by atoms with Gasteiger partial charge in [0.2, 0.25) is 5.91 Å². The normalized spacial score (nSPS) is 20.2. The van der Waals surface area contributed by atoms with Gasteiger partial charge in [-0.25, -0.2) is 0 Å². The second-order valence-corrected chi connectivity index (χ2v) is 8.72. The Kier molecular flexibility index (Phi) is 5.67. The summed E-state index contributed by atoms with van der Waals surface area (Å²) in [5.41, 5.74) is 2.47. The molecule has 142 valence electrons. The van der Waals surface area contributed by atoms with E-state index in [9.17, 15) is 4.79 Å². The van der Waals surface area contributed by atoms with Crippen LogP contribution in [0.4, 0.5) is 5.69 Å². The summed E-state index contributed by atoms with van der Waals surface area (Å²) in [6, 6.07) is 12.6. The number of anilines is 1. The zero-order chi connectivity index (χ0) is 18.6. The van der Waals surface area contributed by atoms with Gasteiger partial charge in [-0.2, -0.15) is 0 Å². The Morgan fingerprint density at radius 2 is 1.89 bits per heavy atom. The van der Waals surface area contributed by atoms with E-state index in [1.165, 1.54) is 16.1 Å². The molecule has 1 atom stereocenters. The minimum atomic E-state index is 0.0318. The summed E-state index contributed by atoms with van der Waals surface area (Å²) in [6.07, 6.45) is 6.93. The van der Waals surface area contributed by atoms with Crippen molar-refractivity contribution in [1.29, 1.82) is 0 Å². The Hall–Kier alpha value is -2.01. The highest BCUT2D eigenvalue weighted by Crippen LogP contribution is 2.38. The van der Waals surface area contributed by atoms with Crippen molar-refractivity contribution in [3.8, 4) is 0 Å². The first-order valence-corrected chi connectivity index (χ1v) is 10.8. The first-order valence-electron chi connectivity index (χ1n) is 9.84. The number of pyridine rings is 1. The fraction of sp³-hybridized carbons (Fsp3) is 0.455. The van der Waals surface area contributed by atoms with Crippen LogP contribution in [0.15, 0.2) is 53.7 Å². The first-order chi connectivity index (χ1) is 13.2. The lowest BCUT2D eigenvalue weighted by atomic mass is 9.92. The molecule has 0 aliphatic carbocycles. The van der Waals surface area contributed by atoms with E-state index in [4.69, 9.17) is 0 Å². The van der Waals surface area contributed by atoms with Crippen molar-refractivity contribution in [3.63, 3.8) is 0 Å². The minimum absolute atomic E-state index is 0.0318. The number of hydrogen-bond donors (Lipinski definition) is 0. The highest BCUT2D eigenvalue weighted by atomic mass is 32.2. The third-order valence-electron chi connectivity index (χ3n) is 5.81. The average Bonchev–Trinajstić information content (AvgIpc) is 2.74. The van der Waals surface area contributed by atoms with Crippen molar-refractivity contribution < 1.29 is 4.79 Å². The predicted molar refractivity (Wildman–Crippen MR) is 111 cm³/mol. The smallest absolute Gasteiger partial charge is 0.229 e. The molecule has 2 aliphatic heterocycles. The Bertz CT molecular complexity index is 774. The molecule has 2 aliphatic rings. The first kappa shape index (κ1) is 18.4. The number of likely N-dealkylation sites (N-methyl/N-ethyl adjacent to an activating group) is 1. The summed E-state index contributed by atoms with van der Waals surface area (Å²) >= 11 is 1.87. The highest BCUT2D eigenvalue weighted by Gasteiger charge is 2.30. The molecule has 1 unspecified atom stereocenters. The Morgan fingerprint density at radius 3 is 2.67 bits per heavy atom. The summed E-state index contributed by atoms with van der Waals surface area (Å²) in [4.78, 5) is 22.9. The number of thioether (sulfide) groups is 1. The molecule has 0 spiro atoms. The van der Waals surface area contributed by atoms with Gasteiger partial charge >= 0.3 is 0 Å². The maximum absolute atomic E-state index is 13.1. The second-order valence-electron chi connectivity index (χ2n) is 7.58. The number of carbonyl (C=O) groups is 1. The van der Waals surface area contributed by atoms with Crippen LogP contribution in [0.25, 0.3) is 0 Å². The van der Waals surface area contributed by atoms with Crippen molar-refractivity contribution >= 4 is 23.4 Å². The fourth-order valence-corrected chi connectivity index (χ4v) is 5.40. The van der Waals surface area contributed by atoms with E-state index in [0.29, 0.717) is 11.8 Å². The zero-order valence-corrected chi connectivity index (χ0v) is 16.7. The largest absolute Gasteiger partial charge is 0.371 e. The number of piperidine rings is 1. The molecule has 4 nitrogen and oxygen atoms in total. The maximum Gasteiger partial charge on any atom is 0.229 e. The van der Waals surface area contributed by atoms with Crippen molar-refractivity contribution in [2.24, 2.45) is 5.92 Å². The molecule has 1 amide bonds. The minimum Gasteiger partial charge on any atom is -0.371 e. The number of nitrogens with zero attached hydrogens (tertiary/aromatic N) is 3. The number of aromatic nitrogens is 1. The monoisotopic (exact) mass is 381 g/mol. The molecule has 1 aromatic heterocycles. The molecule has 27 heavy (non-hydrogen) atoms. The van der Waals surface area contributed by atoms with E-state index in [1.54, 1.807) is 0 Å². The van der Waals surface area contributed by atoms with Crippen LogP contribution in [0.1, 0.15) is 30.7 Å². The van der Waals surface area contributed by atoms with Gasteiger partial charge in [-0.05, 0) is 54.7 Å². The fourth-order valence-electron chi connectivity index (χ4n) is 4.27. The SMILES string of the molecule is CN(CC1CCN(c2ccncc2)CC1)C(=O)C1CCSc2ccccc21.